The lowest BCUT2D eigenvalue weighted by atomic mass is 9.75. The second kappa shape index (κ2) is 6.13. The van der Waals surface area contributed by atoms with Crippen molar-refractivity contribution in [2.45, 2.75) is 57.7 Å². The Labute approximate surface area is 165 Å². The summed E-state index contributed by atoms with van der Waals surface area (Å²) in [5, 5.41) is 17.5. The third kappa shape index (κ3) is 3.25. The van der Waals surface area contributed by atoms with Gasteiger partial charge in [0.1, 0.15) is 11.5 Å². The Balaban J connectivity index is 1.89. The van der Waals surface area contributed by atoms with Crippen LogP contribution < -0.4 is 15.4 Å². The van der Waals surface area contributed by atoms with E-state index in [4.69, 9.17) is 17.0 Å². The Morgan fingerprint density at radius 1 is 1.11 bits per heavy atom. The van der Waals surface area contributed by atoms with Crippen molar-refractivity contribution < 1.29 is 9.84 Å². The fourth-order valence-electron chi connectivity index (χ4n) is 4.74. The number of fused-ring (bicyclic) bond motifs is 1. The van der Waals surface area contributed by atoms with Crippen LogP contribution in [0.1, 0.15) is 54.9 Å². The van der Waals surface area contributed by atoms with Crippen molar-refractivity contribution in [1.29, 1.82) is 0 Å². The van der Waals surface area contributed by atoms with Crippen molar-refractivity contribution >= 4 is 17.3 Å². The van der Waals surface area contributed by atoms with Gasteiger partial charge in [0, 0.05) is 35.9 Å². The van der Waals surface area contributed by atoms with Gasteiger partial charge in [-0.15, -0.1) is 0 Å². The molecule has 0 amide bonds. The maximum atomic E-state index is 10.2. The third-order valence-electron chi connectivity index (χ3n) is 5.61. The molecule has 4 rings (SSSR count). The van der Waals surface area contributed by atoms with Crippen LogP contribution in [0.25, 0.3) is 0 Å². The van der Waals surface area contributed by atoms with Gasteiger partial charge in [-0.1, -0.05) is 24.3 Å². The van der Waals surface area contributed by atoms with Crippen LogP contribution in [-0.2, 0) is 0 Å². The maximum absolute atomic E-state index is 10.2. The number of thiocarbonyl (C=S) groups is 1. The van der Waals surface area contributed by atoms with Gasteiger partial charge < -0.3 is 20.5 Å². The molecule has 0 bridgehead atoms. The molecule has 0 aromatic heterocycles. The number of benzene rings is 2. The zero-order chi connectivity index (χ0) is 19.4. The van der Waals surface area contributed by atoms with Crippen LogP contribution in [-0.4, -0.2) is 21.5 Å². The van der Waals surface area contributed by atoms with Gasteiger partial charge in [0.25, 0.3) is 0 Å². The van der Waals surface area contributed by atoms with Crippen molar-refractivity contribution in [2.75, 3.05) is 0 Å². The standard InChI is InChI=1S/C22H26N2O2S/c1-13-7-5-6-8-16(13)17-11-22(12-21(3,4)23-20(27)24-22)26-18-10-15(25)9-14(2)19(17)18/h5-10,17,25H,11-12H2,1-4H3,(H2,23,24,27)/t17-,22-/m1/s1. The van der Waals surface area contributed by atoms with Gasteiger partial charge in [-0.3, -0.25) is 0 Å². The third-order valence-corrected chi connectivity index (χ3v) is 5.81. The molecule has 2 aliphatic rings. The van der Waals surface area contributed by atoms with E-state index in [0.29, 0.717) is 5.11 Å². The number of nitrogens with one attached hydrogen (secondary N) is 2. The lowest BCUT2D eigenvalue weighted by Gasteiger charge is -2.51. The number of hydrogen-bond acceptors (Lipinski definition) is 3. The minimum absolute atomic E-state index is 0.166. The van der Waals surface area contributed by atoms with E-state index < -0.39 is 5.72 Å². The average molecular weight is 383 g/mol. The first kappa shape index (κ1) is 18.1. The van der Waals surface area contributed by atoms with E-state index in [2.05, 4.69) is 55.7 Å². The largest absolute Gasteiger partial charge is 0.508 e. The molecule has 0 unspecified atom stereocenters. The monoisotopic (exact) mass is 382 g/mol. The Hall–Kier alpha value is -2.27. The van der Waals surface area contributed by atoms with E-state index in [1.54, 1.807) is 6.07 Å². The highest BCUT2D eigenvalue weighted by Crippen LogP contribution is 2.49. The zero-order valence-corrected chi connectivity index (χ0v) is 17.0. The fraction of sp³-hybridized carbons (Fsp3) is 0.409. The van der Waals surface area contributed by atoms with E-state index in [0.717, 1.165) is 29.7 Å². The quantitative estimate of drug-likeness (QED) is 0.643. The highest BCUT2D eigenvalue weighted by molar-refractivity contribution is 7.80. The molecule has 1 spiro atoms. The predicted octanol–water partition coefficient (Wildman–Crippen LogP) is 4.27. The van der Waals surface area contributed by atoms with E-state index in [9.17, 15) is 5.11 Å². The highest BCUT2D eigenvalue weighted by atomic mass is 32.1. The molecule has 5 heteroatoms. The minimum Gasteiger partial charge on any atom is -0.508 e. The molecule has 1 saturated heterocycles. The fourth-order valence-corrected chi connectivity index (χ4v) is 5.20. The lowest BCUT2D eigenvalue weighted by molar-refractivity contribution is -0.0130. The molecule has 0 aliphatic carbocycles. The molecule has 0 radical (unpaired) electrons. The van der Waals surface area contributed by atoms with Crippen molar-refractivity contribution in [3.8, 4) is 11.5 Å². The molecule has 2 aromatic carbocycles. The predicted molar refractivity (Wildman–Crippen MR) is 111 cm³/mol. The highest BCUT2D eigenvalue weighted by Gasteiger charge is 2.49. The average Bonchev–Trinajstić information content (AvgIpc) is 2.51. The molecule has 1 fully saturated rings. The number of aromatic hydroxyl groups is 1. The van der Waals surface area contributed by atoms with Crippen molar-refractivity contribution in [1.82, 2.24) is 10.6 Å². The van der Waals surface area contributed by atoms with Crippen LogP contribution in [0.4, 0.5) is 0 Å². The summed E-state index contributed by atoms with van der Waals surface area (Å²) < 4.78 is 6.52. The molecule has 2 aromatic rings. The normalized spacial score (nSPS) is 25.9. The van der Waals surface area contributed by atoms with Gasteiger partial charge in [0.2, 0.25) is 0 Å². The van der Waals surface area contributed by atoms with Crippen LogP contribution in [0, 0.1) is 13.8 Å². The molecular weight excluding hydrogens is 356 g/mol. The number of phenols is 1. The molecule has 27 heavy (non-hydrogen) atoms. The van der Waals surface area contributed by atoms with Gasteiger partial charge in [-0.05, 0) is 62.7 Å². The second-order valence-corrected chi connectivity index (χ2v) is 8.93. The molecule has 2 aliphatic heterocycles. The Morgan fingerprint density at radius 2 is 1.85 bits per heavy atom. The summed E-state index contributed by atoms with van der Waals surface area (Å²) in [7, 11) is 0. The number of rotatable bonds is 1. The van der Waals surface area contributed by atoms with Crippen LogP contribution in [0.5, 0.6) is 11.5 Å². The molecule has 2 atom stereocenters. The molecular formula is C22H26N2O2S. The van der Waals surface area contributed by atoms with Gasteiger partial charge in [-0.25, -0.2) is 0 Å². The van der Waals surface area contributed by atoms with Crippen LogP contribution in [0.3, 0.4) is 0 Å². The summed E-state index contributed by atoms with van der Waals surface area (Å²) in [6.45, 7) is 8.46. The number of phenolic OH excluding ortho intramolecular Hbond substituents is 1. The molecule has 2 heterocycles. The van der Waals surface area contributed by atoms with Gasteiger partial charge >= 0.3 is 0 Å². The summed E-state index contributed by atoms with van der Waals surface area (Å²) in [5.41, 5.74) is 3.96. The van der Waals surface area contributed by atoms with Gasteiger partial charge in [0.15, 0.2) is 10.8 Å². The van der Waals surface area contributed by atoms with Crippen molar-refractivity contribution in [3.05, 3.63) is 58.7 Å². The van der Waals surface area contributed by atoms with E-state index in [1.807, 2.05) is 13.0 Å². The Bertz CT molecular complexity index is 925. The SMILES string of the molecule is Cc1ccccc1[C@H]1C[C@]2(CC(C)(C)NC(=S)N2)Oc2cc(O)cc(C)c21. The van der Waals surface area contributed by atoms with Crippen LogP contribution in [0.15, 0.2) is 36.4 Å². The summed E-state index contributed by atoms with van der Waals surface area (Å²) in [5.74, 6) is 1.13. The Morgan fingerprint density at radius 3 is 2.56 bits per heavy atom. The summed E-state index contributed by atoms with van der Waals surface area (Å²) in [4.78, 5) is 0. The van der Waals surface area contributed by atoms with Gasteiger partial charge in [-0.2, -0.15) is 0 Å². The molecule has 4 nitrogen and oxygen atoms in total. The maximum Gasteiger partial charge on any atom is 0.185 e. The van der Waals surface area contributed by atoms with Crippen molar-refractivity contribution in [2.24, 2.45) is 0 Å². The minimum atomic E-state index is -0.605. The molecule has 0 saturated carbocycles. The summed E-state index contributed by atoms with van der Waals surface area (Å²) in [6.07, 6.45) is 1.54. The smallest absolute Gasteiger partial charge is 0.185 e. The lowest BCUT2D eigenvalue weighted by Crippen LogP contribution is -2.69. The van der Waals surface area contributed by atoms with Crippen molar-refractivity contribution in [3.63, 3.8) is 0 Å². The first-order valence-corrected chi connectivity index (χ1v) is 9.77. The first-order valence-electron chi connectivity index (χ1n) is 9.36. The van der Waals surface area contributed by atoms with Crippen LogP contribution >= 0.6 is 12.2 Å². The van der Waals surface area contributed by atoms with Gasteiger partial charge in [0.05, 0.1) is 0 Å². The van der Waals surface area contributed by atoms with E-state index in [1.165, 1.54) is 11.1 Å². The Kier molecular flexibility index (Phi) is 4.11. The van der Waals surface area contributed by atoms with Crippen LogP contribution in [0.2, 0.25) is 0 Å². The van der Waals surface area contributed by atoms with E-state index >= 15 is 0 Å². The summed E-state index contributed by atoms with van der Waals surface area (Å²) >= 11 is 5.49. The first-order chi connectivity index (χ1) is 12.7. The topological polar surface area (TPSA) is 53.5 Å². The number of ether oxygens (including phenoxy) is 1. The zero-order valence-electron chi connectivity index (χ0n) is 16.2. The molecule has 142 valence electrons. The molecule has 3 N–H and O–H groups in total. The summed E-state index contributed by atoms with van der Waals surface area (Å²) in [6, 6.07) is 12.0. The number of hydrogen-bond donors (Lipinski definition) is 3. The number of aryl methyl sites for hydroxylation is 2. The van der Waals surface area contributed by atoms with E-state index in [-0.39, 0.29) is 17.2 Å². The second-order valence-electron chi connectivity index (χ2n) is 8.52.